The molecule has 1 aromatic heterocycles. The monoisotopic (exact) mass is 272 g/mol. The van der Waals surface area contributed by atoms with Crippen LogP contribution in [0.15, 0.2) is 30.3 Å². The Bertz CT molecular complexity index is 538. The lowest BCUT2D eigenvalue weighted by molar-refractivity contribution is 0.174. The number of nitrogens with zero attached hydrogens (tertiary/aromatic N) is 5. The van der Waals surface area contributed by atoms with Gasteiger partial charge in [-0.15, -0.1) is 5.10 Å². The summed E-state index contributed by atoms with van der Waals surface area (Å²) in [7, 11) is 0. The van der Waals surface area contributed by atoms with Crippen molar-refractivity contribution < 1.29 is 0 Å². The largest absolute Gasteiger partial charge is 0.314 e. The summed E-state index contributed by atoms with van der Waals surface area (Å²) >= 11 is 0. The van der Waals surface area contributed by atoms with Crippen molar-refractivity contribution in [1.82, 2.24) is 30.4 Å². The van der Waals surface area contributed by atoms with Crippen LogP contribution in [0.25, 0.3) is 5.69 Å². The molecule has 1 saturated heterocycles. The van der Waals surface area contributed by atoms with Crippen molar-refractivity contribution in [3.05, 3.63) is 36.2 Å². The molecule has 3 rings (SSSR count). The first-order chi connectivity index (χ1) is 9.84. The van der Waals surface area contributed by atoms with Gasteiger partial charge in [0.15, 0.2) is 5.82 Å². The second kappa shape index (κ2) is 6.11. The average molecular weight is 272 g/mol. The van der Waals surface area contributed by atoms with E-state index >= 15 is 0 Å². The maximum absolute atomic E-state index is 4.16. The minimum atomic E-state index is 0.574. The molecule has 1 aromatic carbocycles. The second-order valence-electron chi connectivity index (χ2n) is 5.18. The SMILES string of the molecule is C[C@H]1CNCCN1CCc1nnnn1-c1ccccc1. The van der Waals surface area contributed by atoms with Gasteiger partial charge < -0.3 is 5.32 Å². The molecule has 0 saturated carbocycles. The zero-order valence-corrected chi connectivity index (χ0v) is 11.7. The quantitative estimate of drug-likeness (QED) is 0.878. The minimum absolute atomic E-state index is 0.574. The molecule has 2 heterocycles. The minimum Gasteiger partial charge on any atom is -0.314 e. The Morgan fingerprint density at radius 2 is 2.15 bits per heavy atom. The summed E-state index contributed by atoms with van der Waals surface area (Å²) in [4.78, 5) is 2.49. The van der Waals surface area contributed by atoms with Gasteiger partial charge in [0, 0.05) is 38.6 Å². The number of aromatic nitrogens is 4. The van der Waals surface area contributed by atoms with Gasteiger partial charge in [-0.2, -0.15) is 4.68 Å². The van der Waals surface area contributed by atoms with Crippen molar-refractivity contribution in [1.29, 1.82) is 0 Å². The van der Waals surface area contributed by atoms with Crippen molar-refractivity contribution in [3.8, 4) is 5.69 Å². The average Bonchev–Trinajstić information content (AvgIpc) is 2.96. The molecular formula is C14H20N6. The van der Waals surface area contributed by atoms with Crippen molar-refractivity contribution in [3.63, 3.8) is 0 Å². The normalized spacial score (nSPS) is 20.1. The second-order valence-corrected chi connectivity index (χ2v) is 5.18. The van der Waals surface area contributed by atoms with Gasteiger partial charge in [-0.3, -0.25) is 4.90 Å². The van der Waals surface area contributed by atoms with Crippen LogP contribution in [0, 0.1) is 0 Å². The van der Waals surface area contributed by atoms with Crippen LogP contribution in [-0.4, -0.2) is 57.3 Å². The predicted molar refractivity (Wildman–Crippen MR) is 76.8 cm³/mol. The number of tetrazole rings is 1. The Hall–Kier alpha value is -1.79. The lowest BCUT2D eigenvalue weighted by atomic mass is 10.2. The molecule has 1 aliphatic heterocycles. The molecule has 0 aliphatic carbocycles. The highest BCUT2D eigenvalue weighted by Gasteiger charge is 2.18. The number of benzene rings is 1. The first kappa shape index (κ1) is 13.2. The smallest absolute Gasteiger partial charge is 0.157 e. The molecule has 106 valence electrons. The predicted octanol–water partition coefficient (Wildman–Crippen LogP) is 0.499. The molecule has 6 nitrogen and oxygen atoms in total. The van der Waals surface area contributed by atoms with E-state index in [2.05, 4.69) is 32.7 Å². The van der Waals surface area contributed by atoms with E-state index in [0.29, 0.717) is 6.04 Å². The van der Waals surface area contributed by atoms with E-state index in [4.69, 9.17) is 0 Å². The molecule has 20 heavy (non-hydrogen) atoms. The number of nitrogens with one attached hydrogen (secondary N) is 1. The molecule has 1 fully saturated rings. The molecule has 1 atom stereocenters. The molecule has 6 heteroatoms. The summed E-state index contributed by atoms with van der Waals surface area (Å²) in [6, 6.07) is 10.6. The van der Waals surface area contributed by atoms with Gasteiger partial charge in [0.1, 0.15) is 0 Å². The Balaban J connectivity index is 1.68. The highest BCUT2D eigenvalue weighted by molar-refractivity contribution is 5.30. The summed E-state index contributed by atoms with van der Waals surface area (Å²) in [5.74, 6) is 0.918. The van der Waals surface area contributed by atoms with Crippen LogP contribution in [0.1, 0.15) is 12.7 Å². The molecular weight excluding hydrogens is 252 g/mol. The first-order valence-corrected chi connectivity index (χ1v) is 7.12. The summed E-state index contributed by atoms with van der Waals surface area (Å²) < 4.78 is 1.83. The molecule has 0 bridgehead atoms. The highest BCUT2D eigenvalue weighted by Crippen LogP contribution is 2.09. The van der Waals surface area contributed by atoms with E-state index in [1.807, 2.05) is 35.0 Å². The van der Waals surface area contributed by atoms with E-state index in [-0.39, 0.29) is 0 Å². The van der Waals surface area contributed by atoms with Gasteiger partial charge in [-0.1, -0.05) is 18.2 Å². The Labute approximate surface area is 118 Å². The molecule has 0 amide bonds. The third-order valence-corrected chi connectivity index (χ3v) is 3.80. The summed E-state index contributed by atoms with van der Waals surface area (Å²) in [5, 5.41) is 15.5. The number of piperazine rings is 1. The Morgan fingerprint density at radius 1 is 1.30 bits per heavy atom. The van der Waals surface area contributed by atoms with Gasteiger partial charge in [0.2, 0.25) is 0 Å². The molecule has 1 N–H and O–H groups in total. The van der Waals surface area contributed by atoms with Crippen LogP contribution in [0.2, 0.25) is 0 Å². The lowest BCUT2D eigenvalue weighted by Crippen LogP contribution is -2.50. The summed E-state index contributed by atoms with van der Waals surface area (Å²) in [6.07, 6.45) is 0.867. The molecule has 0 spiro atoms. The van der Waals surface area contributed by atoms with Crippen LogP contribution >= 0.6 is 0 Å². The zero-order chi connectivity index (χ0) is 13.8. The Morgan fingerprint density at radius 3 is 2.95 bits per heavy atom. The third kappa shape index (κ3) is 2.86. The number of rotatable bonds is 4. The summed E-state index contributed by atoms with van der Waals surface area (Å²) in [6.45, 7) is 6.47. The van der Waals surface area contributed by atoms with E-state index in [1.165, 1.54) is 0 Å². The molecule has 0 unspecified atom stereocenters. The Kier molecular flexibility index (Phi) is 4.03. The van der Waals surface area contributed by atoms with Crippen LogP contribution in [0.4, 0.5) is 0 Å². The molecule has 1 aliphatic rings. The van der Waals surface area contributed by atoms with E-state index in [1.54, 1.807) is 0 Å². The standard InChI is InChI=1S/C14H20N6/c1-12-11-15-8-10-19(12)9-7-14-16-17-18-20(14)13-5-3-2-4-6-13/h2-6,12,15H,7-11H2,1H3/t12-/m0/s1. The fraction of sp³-hybridized carbons (Fsp3) is 0.500. The fourth-order valence-corrected chi connectivity index (χ4v) is 2.59. The highest BCUT2D eigenvalue weighted by atomic mass is 15.5. The van der Waals surface area contributed by atoms with Crippen LogP contribution in [0.5, 0.6) is 0 Å². The molecule has 0 radical (unpaired) electrons. The number of hydrogen-bond donors (Lipinski definition) is 1. The lowest BCUT2D eigenvalue weighted by Gasteiger charge is -2.33. The maximum atomic E-state index is 4.16. The third-order valence-electron chi connectivity index (χ3n) is 3.80. The van der Waals surface area contributed by atoms with Crippen LogP contribution < -0.4 is 5.32 Å². The zero-order valence-electron chi connectivity index (χ0n) is 11.7. The number of para-hydroxylation sites is 1. The van der Waals surface area contributed by atoms with Crippen LogP contribution in [-0.2, 0) is 6.42 Å². The first-order valence-electron chi connectivity index (χ1n) is 7.12. The van der Waals surface area contributed by atoms with Crippen molar-refractivity contribution in [2.24, 2.45) is 0 Å². The van der Waals surface area contributed by atoms with Gasteiger partial charge in [-0.25, -0.2) is 0 Å². The van der Waals surface area contributed by atoms with Gasteiger partial charge in [-0.05, 0) is 29.5 Å². The van der Waals surface area contributed by atoms with Gasteiger partial charge >= 0.3 is 0 Å². The van der Waals surface area contributed by atoms with Crippen LogP contribution in [0.3, 0.4) is 0 Å². The van der Waals surface area contributed by atoms with Gasteiger partial charge in [0.05, 0.1) is 5.69 Å². The molecule has 2 aromatic rings. The van der Waals surface area contributed by atoms with E-state index < -0.39 is 0 Å². The number of hydrogen-bond acceptors (Lipinski definition) is 5. The maximum Gasteiger partial charge on any atom is 0.157 e. The fourth-order valence-electron chi connectivity index (χ4n) is 2.59. The van der Waals surface area contributed by atoms with Crippen molar-refractivity contribution >= 4 is 0 Å². The van der Waals surface area contributed by atoms with Gasteiger partial charge in [0.25, 0.3) is 0 Å². The van der Waals surface area contributed by atoms with E-state index in [9.17, 15) is 0 Å². The topological polar surface area (TPSA) is 58.9 Å². The van der Waals surface area contributed by atoms with E-state index in [0.717, 1.165) is 44.1 Å². The summed E-state index contributed by atoms with van der Waals surface area (Å²) in [5.41, 5.74) is 1.01. The van der Waals surface area contributed by atoms with Crippen molar-refractivity contribution in [2.75, 3.05) is 26.2 Å². The van der Waals surface area contributed by atoms with Crippen molar-refractivity contribution in [2.45, 2.75) is 19.4 Å².